The van der Waals surface area contributed by atoms with Crippen LogP contribution >= 0.6 is 57.2 Å². The molecular formula is C14H11Cl2N3O3S4. The Bertz CT molecular complexity index is 1040. The second-order valence-electron chi connectivity index (χ2n) is 5.01. The number of carbonyl (C=O) groups excluding carboxylic acids is 1. The summed E-state index contributed by atoms with van der Waals surface area (Å²) < 4.78 is 26.9. The van der Waals surface area contributed by atoms with Crippen LogP contribution in [-0.4, -0.2) is 37.2 Å². The number of aromatic nitrogens is 1. The molecule has 0 bridgehead atoms. The number of thiophene rings is 2. The molecule has 0 aliphatic carbocycles. The van der Waals surface area contributed by atoms with E-state index in [0.29, 0.717) is 19.5 Å². The number of hydrogen-bond donors (Lipinski definition) is 1. The molecule has 0 aliphatic rings. The number of hydrogen-bond acceptors (Lipinski definition) is 7. The molecule has 3 rings (SSSR count). The Labute approximate surface area is 172 Å². The van der Waals surface area contributed by atoms with Gasteiger partial charge < -0.3 is 5.32 Å². The summed E-state index contributed by atoms with van der Waals surface area (Å²) in [6.45, 7) is -0.336. The van der Waals surface area contributed by atoms with Crippen molar-refractivity contribution in [3.05, 3.63) is 38.3 Å². The lowest BCUT2D eigenvalue weighted by molar-refractivity contribution is -0.116. The lowest BCUT2D eigenvalue weighted by Gasteiger charge is -2.14. The maximum absolute atomic E-state index is 12.4. The second-order valence-corrected chi connectivity index (χ2v) is 11.6. The van der Waals surface area contributed by atoms with Crippen LogP contribution in [0.25, 0.3) is 10.6 Å². The van der Waals surface area contributed by atoms with Crippen molar-refractivity contribution >= 4 is 78.3 Å². The van der Waals surface area contributed by atoms with Gasteiger partial charge in [0.15, 0.2) is 5.13 Å². The molecular weight excluding hydrogens is 457 g/mol. The van der Waals surface area contributed by atoms with E-state index in [9.17, 15) is 13.2 Å². The number of nitrogens with zero attached hydrogens (tertiary/aromatic N) is 2. The van der Waals surface area contributed by atoms with Crippen LogP contribution < -0.4 is 5.32 Å². The van der Waals surface area contributed by atoms with E-state index in [0.717, 1.165) is 20.5 Å². The summed E-state index contributed by atoms with van der Waals surface area (Å²) in [6.07, 6.45) is 0. The maximum Gasteiger partial charge on any atom is 0.252 e. The van der Waals surface area contributed by atoms with Crippen molar-refractivity contribution in [3.63, 3.8) is 0 Å². The SMILES string of the molecule is CN(CC(=O)Nc1nc(-c2ccc(Cl)s2)cs1)S(=O)(=O)c1ccc(Cl)s1. The maximum atomic E-state index is 12.4. The lowest BCUT2D eigenvalue weighted by atomic mass is 10.4. The topological polar surface area (TPSA) is 79.4 Å². The fourth-order valence-corrected chi connectivity index (χ4v) is 6.56. The van der Waals surface area contributed by atoms with Gasteiger partial charge in [0.25, 0.3) is 10.0 Å². The number of rotatable bonds is 6. The van der Waals surface area contributed by atoms with Crippen molar-refractivity contribution in [2.75, 3.05) is 18.9 Å². The van der Waals surface area contributed by atoms with Crippen molar-refractivity contribution in [2.45, 2.75) is 4.21 Å². The average Bonchev–Trinajstić information content (AvgIpc) is 3.28. The molecule has 3 aromatic heterocycles. The Balaban J connectivity index is 1.64. The highest BCUT2D eigenvalue weighted by Gasteiger charge is 2.25. The van der Waals surface area contributed by atoms with Gasteiger partial charge in [0.2, 0.25) is 5.91 Å². The van der Waals surface area contributed by atoms with E-state index in [1.54, 1.807) is 11.4 Å². The van der Waals surface area contributed by atoms with E-state index >= 15 is 0 Å². The number of carbonyl (C=O) groups is 1. The Morgan fingerprint density at radius 2 is 1.88 bits per heavy atom. The Morgan fingerprint density at radius 1 is 1.19 bits per heavy atom. The van der Waals surface area contributed by atoms with E-state index in [4.69, 9.17) is 23.2 Å². The summed E-state index contributed by atoms with van der Waals surface area (Å²) >= 11 is 15.3. The predicted molar refractivity (Wildman–Crippen MR) is 108 cm³/mol. The van der Waals surface area contributed by atoms with Gasteiger partial charge in [-0.3, -0.25) is 4.79 Å². The van der Waals surface area contributed by atoms with Crippen LogP contribution in [0.3, 0.4) is 0 Å². The third-order valence-corrected chi connectivity index (χ3v) is 8.67. The van der Waals surface area contributed by atoms with Crippen LogP contribution in [0.2, 0.25) is 8.67 Å². The molecule has 0 atom stereocenters. The Hall–Kier alpha value is -1.01. The van der Waals surface area contributed by atoms with Crippen molar-refractivity contribution in [2.24, 2.45) is 0 Å². The summed E-state index contributed by atoms with van der Waals surface area (Å²) in [7, 11) is -2.43. The van der Waals surface area contributed by atoms with E-state index < -0.39 is 15.9 Å². The molecule has 6 nitrogen and oxygen atoms in total. The zero-order valence-corrected chi connectivity index (χ0v) is 17.9. The molecule has 0 aliphatic heterocycles. The van der Waals surface area contributed by atoms with Crippen molar-refractivity contribution < 1.29 is 13.2 Å². The van der Waals surface area contributed by atoms with Crippen LogP contribution in [0, 0.1) is 0 Å². The molecule has 0 saturated heterocycles. The van der Waals surface area contributed by atoms with E-state index in [1.807, 2.05) is 6.07 Å². The van der Waals surface area contributed by atoms with Gasteiger partial charge in [-0.2, -0.15) is 4.31 Å². The standard InChI is InChI=1S/C14H11Cl2N3O3S4/c1-19(26(21,22)13-5-4-11(16)25-13)6-12(20)18-14-17-8(7-23-14)9-2-3-10(15)24-9/h2-5,7H,6H2,1H3,(H,17,18,20). The van der Waals surface area contributed by atoms with Crippen molar-refractivity contribution in [1.82, 2.24) is 9.29 Å². The van der Waals surface area contributed by atoms with Gasteiger partial charge in [-0.15, -0.1) is 34.0 Å². The quantitative estimate of drug-likeness (QED) is 0.578. The third kappa shape index (κ3) is 4.45. The molecule has 0 fully saturated rings. The fraction of sp³-hybridized carbons (Fsp3) is 0.143. The first-order valence-corrected chi connectivity index (χ1v) is 11.7. The predicted octanol–water partition coefficient (Wildman–Crippen LogP) is 4.50. The smallest absolute Gasteiger partial charge is 0.252 e. The van der Waals surface area contributed by atoms with Crippen LogP contribution in [0.15, 0.2) is 33.9 Å². The van der Waals surface area contributed by atoms with E-state index in [-0.39, 0.29) is 10.8 Å². The first-order chi connectivity index (χ1) is 12.3. The average molecular weight is 468 g/mol. The third-order valence-electron chi connectivity index (χ3n) is 3.16. The molecule has 1 N–H and O–H groups in total. The zero-order valence-electron chi connectivity index (χ0n) is 13.1. The molecule has 0 saturated carbocycles. The number of halogens is 2. The first-order valence-electron chi connectivity index (χ1n) is 6.98. The molecule has 138 valence electrons. The number of sulfonamides is 1. The molecule has 0 unspecified atom stereocenters. The van der Waals surface area contributed by atoms with Crippen molar-refractivity contribution in [1.29, 1.82) is 0 Å². The molecule has 26 heavy (non-hydrogen) atoms. The highest BCUT2D eigenvalue weighted by Crippen LogP contribution is 2.33. The molecule has 0 spiro atoms. The summed E-state index contributed by atoms with van der Waals surface area (Å²) in [4.78, 5) is 17.4. The molecule has 3 aromatic rings. The molecule has 1 amide bonds. The Morgan fingerprint density at radius 3 is 2.50 bits per heavy atom. The van der Waals surface area contributed by atoms with Gasteiger partial charge in [0.05, 0.1) is 25.8 Å². The minimum Gasteiger partial charge on any atom is -0.301 e. The lowest BCUT2D eigenvalue weighted by Crippen LogP contribution is -2.34. The van der Waals surface area contributed by atoms with Gasteiger partial charge >= 0.3 is 0 Å². The number of anilines is 1. The second kappa shape index (κ2) is 7.93. The van der Waals surface area contributed by atoms with Gasteiger partial charge in [-0.1, -0.05) is 23.2 Å². The highest BCUT2D eigenvalue weighted by molar-refractivity contribution is 7.91. The normalized spacial score (nSPS) is 11.8. The summed E-state index contributed by atoms with van der Waals surface area (Å²) in [5.41, 5.74) is 0.705. The van der Waals surface area contributed by atoms with Crippen LogP contribution in [0.1, 0.15) is 0 Å². The van der Waals surface area contributed by atoms with Gasteiger partial charge in [0, 0.05) is 12.4 Å². The zero-order chi connectivity index (χ0) is 18.9. The number of thiazole rings is 1. The van der Waals surface area contributed by atoms with Crippen molar-refractivity contribution in [3.8, 4) is 10.6 Å². The molecule has 0 aromatic carbocycles. The number of likely N-dealkylation sites (N-methyl/N-ethyl adjacent to an activating group) is 1. The number of nitrogens with one attached hydrogen (secondary N) is 1. The monoisotopic (exact) mass is 467 g/mol. The Kier molecular flexibility index (Phi) is 6.02. The molecule has 3 heterocycles. The fourth-order valence-electron chi connectivity index (χ4n) is 1.93. The molecule has 12 heteroatoms. The summed E-state index contributed by atoms with van der Waals surface area (Å²) in [5.74, 6) is -0.483. The van der Waals surface area contributed by atoms with Gasteiger partial charge in [-0.25, -0.2) is 13.4 Å². The van der Waals surface area contributed by atoms with Crippen LogP contribution in [0.5, 0.6) is 0 Å². The first kappa shape index (κ1) is 19.7. The minimum atomic E-state index is -3.76. The van der Waals surface area contributed by atoms with E-state index in [2.05, 4.69) is 10.3 Å². The van der Waals surface area contributed by atoms with Gasteiger partial charge in [-0.05, 0) is 24.3 Å². The largest absolute Gasteiger partial charge is 0.301 e. The van der Waals surface area contributed by atoms with Gasteiger partial charge in [0.1, 0.15) is 4.21 Å². The summed E-state index contributed by atoms with van der Waals surface area (Å²) in [5, 5.41) is 4.80. The highest BCUT2D eigenvalue weighted by atomic mass is 35.5. The van der Waals surface area contributed by atoms with E-state index in [1.165, 1.54) is 41.9 Å². The number of amides is 1. The van der Waals surface area contributed by atoms with Crippen LogP contribution in [-0.2, 0) is 14.8 Å². The minimum absolute atomic E-state index is 0.0870. The van der Waals surface area contributed by atoms with Crippen LogP contribution in [0.4, 0.5) is 5.13 Å². The molecule has 0 radical (unpaired) electrons. The summed E-state index contributed by atoms with van der Waals surface area (Å²) in [6, 6.07) is 6.53.